The number of hydrogen-bond donors (Lipinski definition) is 1. The van der Waals surface area contributed by atoms with E-state index in [1.54, 1.807) is 12.1 Å². The quantitative estimate of drug-likeness (QED) is 0.903. The van der Waals surface area contributed by atoms with Crippen LogP contribution in [0.3, 0.4) is 0 Å². The van der Waals surface area contributed by atoms with Crippen molar-refractivity contribution < 1.29 is 8.42 Å². The molecule has 0 radical (unpaired) electrons. The van der Waals surface area contributed by atoms with Crippen molar-refractivity contribution in [2.45, 2.75) is 5.03 Å². The van der Waals surface area contributed by atoms with Crippen LogP contribution in [0.25, 0.3) is 0 Å². The third kappa shape index (κ3) is 2.44. The second-order valence-corrected chi connectivity index (χ2v) is 5.50. The molecule has 0 aliphatic rings. The van der Waals surface area contributed by atoms with Crippen molar-refractivity contribution in [2.24, 2.45) is 7.05 Å². The first-order valence-corrected chi connectivity index (χ1v) is 6.76. The Labute approximate surface area is 106 Å². The number of hydrogen-bond acceptors (Lipinski definition) is 5. The fraction of sp³-hybridized carbons (Fsp3) is 0.125. The predicted molar refractivity (Wildman–Crippen MR) is 63.7 cm³/mol. The van der Waals surface area contributed by atoms with Crippen LogP contribution in [-0.4, -0.2) is 28.4 Å². The highest BCUT2D eigenvalue weighted by Gasteiger charge is 2.23. The molecule has 0 saturated heterocycles. The summed E-state index contributed by atoms with van der Waals surface area (Å²) in [5.41, 5.74) is 0.424. The fourth-order valence-corrected chi connectivity index (χ4v) is 3.39. The van der Waals surface area contributed by atoms with Crippen LogP contribution < -0.4 is 4.72 Å². The third-order valence-electron chi connectivity index (χ3n) is 1.92. The molecule has 0 spiro atoms. The Bertz CT molecular complexity index is 605. The van der Waals surface area contributed by atoms with E-state index >= 15 is 0 Å². The van der Waals surface area contributed by atoms with Crippen LogP contribution in [0.4, 0.5) is 5.69 Å². The second-order valence-electron chi connectivity index (χ2n) is 3.15. The number of aromatic nitrogens is 4. The Morgan fingerprint density at radius 3 is 2.53 bits per heavy atom. The monoisotopic (exact) mass is 317 g/mol. The standard InChI is InChI=1S/C8H8BrN5O2S/c1-14-8(7(9)11-13-14)17(15,16)12-6-2-4-10-5-3-6/h2-5H,1H3,(H,10,12). The summed E-state index contributed by atoms with van der Waals surface area (Å²) in [5.74, 6) is 0. The molecule has 0 fully saturated rings. The van der Waals surface area contributed by atoms with Gasteiger partial charge in [-0.2, -0.15) is 8.42 Å². The molecule has 0 bridgehead atoms. The van der Waals surface area contributed by atoms with Gasteiger partial charge in [-0.25, -0.2) is 4.68 Å². The SMILES string of the molecule is Cn1nnc(Br)c1S(=O)(=O)Nc1ccncc1. The van der Waals surface area contributed by atoms with Gasteiger partial charge in [-0.3, -0.25) is 9.71 Å². The Balaban J connectivity index is 2.39. The maximum absolute atomic E-state index is 12.0. The number of halogens is 1. The zero-order valence-electron chi connectivity index (χ0n) is 8.70. The minimum atomic E-state index is -3.72. The van der Waals surface area contributed by atoms with E-state index in [0.29, 0.717) is 5.69 Å². The summed E-state index contributed by atoms with van der Waals surface area (Å²) in [6, 6.07) is 3.10. The zero-order valence-corrected chi connectivity index (χ0v) is 11.1. The lowest BCUT2D eigenvalue weighted by Gasteiger charge is -2.07. The molecule has 0 unspecified atom stereocenters. The van der Waals surface area contributed by atoms with Gasteiger partial charge in [0, 0.05) is 19.4 Å². The summed E-state index contributed by atoms with van der Waals surface area (Å²) in [5, 5.41) is 7.20. The molecule has 2 heterocycles. The Kier molecular flexibility index (Phi) is 3.11. The van der Waals surface area contributed by atoms with E-state index in [4.69, 9.17) is 0 Å². The predicted octanol–water partition coefficient (Wildman–Crippen LogP) is 0.773. The van der Waals surface area contributed by atoms with Crippen molar-refractivity contribution in [1.29, 1.82) is 0 Å². The van der Waals surface area contributed by atoms with Crippen molar-refractivity contribution in [3.8, 4) is 0 Å². The average molecular weight is 318 g/mol. The summed E-state index contributed by atoms with van der Waals surface area (Å²) in [7, 11) is -2.22. The van der Waals surface area contributed by atoms with Gasteiger partial charge in [0.2, 0.25) is 5.03 Å². The minimum absolute atomic E-state index is 0.0330. The summed E-state index contributed by atoms with van der Waals surface area (Å²) >= 11 is 3.04. The van der Waals surface area contributed by atoms with Gasteiger partial charge in [0.25, 0.3) is 10.0 Å². The van der Waals surface area contributed by atoms with Crippen molar-refractivity contribution in [3.05, 3.63) is 29.1 Å². The topological polar surface area (TPSA) is 89.8 Å². The Morgan fingerprint density at radius 2 is 2.00 bits per heavy atom. The molecule has 0 saturated carbocycles. The van der Waals surface area contributed by atoms with Crippen LogP contribution in [0.5, 0.6) is 0 Å². The van der Waals surface area contributed by atoms with Gasteiger partial charge < -0.3 is 0 Å². The molecular weight excluding hydrogens is 310 g/mol. The molecule has 90 valence electrons. The summed E-state index contributed by atoms with van der Waals surface area (Å²) < 4.78 is 27.8. The number of nitrogens with one attached hydrogen (secondary N) is 1. The number of pyridine rings is 1. The van der Waals surface area contributed by atoms with E-state index in [2.05, 4.69) is 35.9 Å². The fourth-order valence-electron chi connectivity index (χ4n) is 1.23. The normalized spacial score (nSPS) is 11.4. The van der Waals surface area contributed by atoms with Gasteiger partial charge in [0.15, 0.2) is 4.60 Å². The molecule has 1 N–H and O–H groups in total. The van der Waals surface area contributed by atoms with Gasteiger partial charge in [-0.15, -0.1) is 5.10 Å². The lowest BCUT2D eigenvalue weighted by Crippen LogP contribution is -2.17. The molecule has 0 atom stereocenters. The molecule has 0 amide bonds. The van der Waals surface area contributed by atoms with Crippen molar-refractivity contribution >= 4 is 31.6 Å². The van der Waals surface area contributed by atoms with Gasteiger partial charge in [0.1, 0.15) is 0 Å². The first-order valence-electron chi connectivity index (χ1n) is 4.49. The van der Waals surface area contributed by atoms with Crippen LogP contribution in [0.15, 0.2) is 34.2 Å². The van der Waals surface area contributed by atoms with Crippen molar-refractivity contribution in [3.63, 3.8) is 0 Å². The van der Waals surface area contributed by atoms with E-state index in [-0.39, 0.29) is 9.63 Å². The van der Waals surface area contributed by atoms with Crippen LogP contribution >= 0.6 is 15.9 Å². The van der Waals surface area contributed by atoms with E-state index in [1.165, 1.54) is 24.1 Å². The number of aryl methyl sites for hydroxylation is 1. The molecule has 0 aromatic carbocycles. The molecular formula is C8H8BrN5O2S. The average Bonchev–Trinajstić information content (AvgIpc) is 2.59. The van der Waals surface area contributed by atoms with E-state index in [0.717, 1.165) is 0 Å². The lowest BCUT2D eigenvalue weighted by molar-refractivity contribution is 0.578. The van der Waals surface area contributed by atoms with Gasteiger partial charge in [-0.05, 0) is 28.1 Å². The summed E-state index contributed by atoms with van der Waals surface area (Å²) in [6.07, 6.45) is 2.99. The van der Waals surface area contributed by atoms with Crippen LogP contribution in [-0.2, 0) is 17.1 Å². The number of nitrogens with zero attached hydrogens (tertiary/aromatic N) is 4. The largest absolute Gasteiger partial charge is 0.281 e. The highest BCUT2D eigenvalue weighted by Crippen LogP contribution is 2.20. The zero-order chi connectivity index (χ0) is 12.5. The third-order valence-corrected chi connectivity index (χ3v) is 4.19. The van der Waals surface area contributed by atoms with E-state index in [9.17, 15) is 8.42 Å². The molecule has 2 aromatic heterocycles. The van der Waals surface area contributed by atoms with Crippen molar-refractivity contribution in [2.75, 3.05) is 4.72 Å². The summed E-state index contributed by atoms with van der Waals surface area (Å²) in [4.78, 5) is 3.80. The van der Waals surface area contributed by atoms with Crippen LogP contribution in [0.2, 0.25) is 0 Å². The van der Waals surface area contributed by atoms with Crippen LogP contribution in [0.1, 0.15) is 0 Å². The smallest absolute Gasteiger partial charge is 0.278 e. The molecule has 0 aliphatic carbocycles. The Morgan fingerprint density at radius 1 is 1.35 bits per heavy atom. The van der Waals surface area contributed by atoms with Crippen molar-refractivity contribution in [1.82, 2.24) is 20.0 Å². The number of sulfonamides is 1. The number of anilines is 1. The minimum Gasteiger partial charge on any atom is -0.278 e. The molecule has 9 heteroatoms. The highest BCUT2D eigenvalue weighted by atomic mass is 79.9. The molecule has 2 rings (SSSR count). The van der Waals surface area contributed by atoms with Gasteiger partial charge in [0.05, 0.1) is 5.69 Å². The Hall–Kier alpha value is -1.48. The molecule has 2 aromatic rings. The first-order chi connectivity index (χ1) is 8.00. The van der Waals surface area contributed by atoms with E-state index in [1.807, 2.05) is 0 Å². The molecule has 0 aliphatic heterocycles. The maximum Gasteiger partial charge on any atom is 0.281 e. The lowest BCUT2D eigenvalue weighted by atomic mass is 10.4. The van der Waals surface area contributed by atoms with E-state index < -0.39 is 10.0 Å². The second kappa shape index (κ2) is 4.41. The summed E-state index contributed by atoms with van der Waals surface area (Å²) in [6.45, 7) is 0. The maximum atomic E-state index is 12.0. The highest BCUT2D eigenvalue weighted by molar-refractivity contribution is 9.10. The molecule has 17 heavy (non-hydrogen) atoms. The van der Waals surface area contributed by atoms with Gasteiger partial charge >= 0.3 is 0 Å². The van der Waals surface area contributed by atoms with Gasteiger partial charge in [-0.1, -0.05) is 5.21 Å². The molecule has 7 nitrogen and oxygen atoms in total. The van der Waals surface area contributed by atoms with Crippen LogP contribution in [0, 0.1) is 0 Å². The number of rotatable bonds is 3. The first kappa shape index (κ1) is 12.0.